The Balaban J connectivity index is 2.05. The van der Waals surface area contributed by atoms with Gasteiger partial charge in [-0.25, -0.2) is 0 Å². The second kappa shape index (κ2) is 7.67. The number of thioether (sulfide) groups is 1. The summed E-state index contributed by atoms with van der Waals surface area (Å²) in [6.45, 7) is 0.274. The molecule has 8 heteroatoms. The summed E-state index contributed by atoms with van der Waals surface area (Å²) in [5.74, 6) is -0.899. The van der Waals surface area contributed by atoms with Crippen LogP contribution in [0.15, 0.2) is 29.2 Å². The first-order valence-electron chi connectivity index (χ1n) is 6.35. The number of hydrogen-bond acceptors (Lipinski definition) is 4. The second-order valence-electron chi connectivity index (χ2n) is 4.34. The minimum absolute atomic E-state index is 0.104. The zero-order valence-corrected chi connectivity index (χ0v) is 13.7. The van der Waals surface area contributed by atoms with Crippen LogP contribution in [0.1, 0.15) is 5.56 Å². The summed E-state index contributed by atoms with van der Waals surface area (Å²) in [4.78, 5) is 36.5. The van der Waals surface area contributed by atoms with Gasteiger partial charge in [-0.1, -0.05) is 29.8 Å². The first kappa shape index (κ1) is 16.9. The topological polar surface area (TPSA) is 66.5 Å². The van der Waals surface area contributed by atoms with Crippen molar-refractivity contribution in [2.75, 3.05) is 19.0 Å². The number of halogens is 2. The predicted molar refractivity (Wildman–Crippen MR) is 87.9 cm³/mol. The van der Waals surface area contributed by atoms with Gasteiger partial charge in [0.25, 0.3) is 11.1 Å². The molecule has 1 saturated heterocycles. The van der Waals surface area contributed by atoms with Crippen molar-refractivity contribution in [1.29, 1.82) is 0 Å². The van der Waals surface area contributed by atoms with Gasteiger partial charge in [0.2, 0.25) is 5.91 Å². The summed E-state index contributed by atoms with van der Waals surface area (Å²) < 4.78 is 0. The molecule has 0 unspecified atom stereocenters. The number of carbonyl (C=O) groups excluding carboxylic acids is 3. The zero-order valence-electron chi connectivity index (χ0n) is 11.3. The van der Waals surface area contributed by atoms with E-state index in [0.717, 1.165) is 16.7 Å². The van der Waals surface area contributed by atoms with Crippen molar-refractivity contribution in [3.8, 4) is 0 Å². The number of nitrogens with one attached hydrogen (secondary N) is 1. The Labute approximate surface area is 141 Å². The fourth-order valence-corrected chi connectivity index (χ4v) is 2.92. The van der Waals surface area contributed by atoms with Crippen molar-refractivity contribution in [3.05, 3.63) is 39.8 Å². The van der Waals surface area contributed by atoms with Gasteiger partial charge in [-0.3, -0.25) is 19.3 Å². The molecule has 116 valence electrons. The van der Waals surface area contributed by atoms with Crippen LogP contribution in [0.3, 0.4) is 0 Å². The minimum atomic E-state index is -0.393. The summed E-state index contributed by atoms with van der Waals surface area (Å²) in [6.07, 6.45) is 1.59. The molecule has 3 amide bonds. The van der Waals surface area contributed by atoms with Gasteiger partial charge in [-0.2, -0.15) is 0 Å². The van der Waals surface area contributed by atoms with Crippen LogP contribution in [0.2, 0.25) is 5.02 Å². The summed E-state index contributed by atoms with van der Waals surface area (Å²) in [5, 5.41) is 2.64. The first-order chi connectivity index (χ1) is 10.5. The number of alkyl halides is 1. The number of imide groups is 1. The third-order valence-corrected chi connectivity index (χ3v) is 4.34. The molecule has 0 spiro atoms. The van der Waals surface area contributed by atoms with Crippen LogP contribution in [-0.4, -0.2) is 40.9 Å². The van der Waals surface area contributed by atoms with Crippen LogP contribution in [0.5, 0.6) is 0 Å². The van der Waals surface area contributed by atoms with Crippen LogP contribution >= 0.6 is 35.0 Å². The molecular weight excluding hydrogens is 347 g/mol. The SMILES string of the molecule is O=C(CCl)NCCN1C(=O)S/C(=C/c2ccccc2Cl)C1=O. The zero-order chi connectivity index (χ0) is 16.1. The van der Waals surface area contributed by atoms with Crippen LogP contribution in [0.25, 0.3) is 6.08 Å². The number of rotatable bonds is 5. The number of benzene rings is 1. The lowest BCUT2D eigenvalue weighted by Gasteiger charge is -2.12. The molecule has 1 aliphatic rings. The van der Waals surface area contributed by atoms with Crippen LogP contribution in [-0.2, 0) is 9.59 Å². The molecule has 0 aliphatic carbocycles. The fraction of sp³-hybridized carbons (Fsp3) is 0.214. The van der Waals surface area contributed by atoms with Crippen molar-refractivity contribution >= 4 is 58.1 Å². The van der Waals surface area contributed by atoms with Gasteiger partial charge in [0.15, 0.2) is 0 Å². The van der Waals surface area contributed by atoms with E-state index in [1.165, 1.54) is 0 Å². The van der Waals surface area contributed by atoms with Gasteiger partial charge < -0.3 is 5.32 Å². The molecule has 1 aromatic carbocycles. The quantitative estimate of drug-likeness (QED) is 0.649. The third-order valence-electron chi connectivity index (χ3n) is 2.84. The van der Waals surface area contributed by atoms with Crippen molar-refractivity contribution in [2.24, 2.45) is 0 Å². The molecule has 1 fully saturated rings. The average molecular weight is 359 g/mol. The molecule has 1 N–H and O–H groups in total. The monoisotopic (exact) mass is 358 g/mol. The standard InChI is InChI=1S/C14H12Cl2N2O3S/c15-8-12(19)17-5-6-18-13(20)11(22-14(18)21)7-9-3-1-2-4-10(9)16/h1-4,7H,5-6,8H2,(H,17,19)/b11-7+. The van der Waals surface area contributed by atoms with Crippen LogP contribution < -0.4 is 5.32 Å². The van der Waals surface area contributed by atoms with Gasteiger partial charge >= 0.3 is 0 Å². The molecule has 0 bridgehead atoms. The van der Waals surface area contributed by atoms with Crippen molar-refractivity contribution in [1.82, 2.24) is 10.2 Å². The molecule has 0 aromatic heterocycles. The lowest BCUT2D eigenvalue weighted by Crippen LogP contribution is -2.37. The van der Waals surface area contributed by atoms with E-state index in [1.54, 1.807) is 30.3 Å². The van der Waals surface area contributed by atoms with Gasteiger partial charge in [-0.15, -0.1) is 11.6 Å². The number of hydrogen-bond donors (Lipinski definition) is 1. The Hall–Kier alpha value is -1.50. The molecule has 22 heavy (non-hydrogen) atoms. The molecule has 0 atom stereocenters. The van der Waals surface area contributed by atoms with Gasteiger partial charge in [0.1, 0.15) is 5.88 Å². The van der Waals surface area contributed by atoms with Crippen LogP contribution in [0.4, 0.5) is 4.79 Å². The maximum absolute atomic E-state index is 12.2. The lowest BCUT2D eigenvalue weighted by atomic mass is 10.2. The Morgan fingerprint density at radius 1 is 1.32 bits per heavy atom. The minimum Gasteiger partial charge on any atom is -0.353 e. The van der Waals surface area contributed by atoms with Crippen LogP contribution in [0, 0.1) is 0 Å². The molecule has 1 heterocycles. The highest BCUT2D eigenvalue weighted by Gasteiger charge is 2.34. The highest BCUT2D eigenvalue weighted by Crippen LogP contribution is 2.33. The summed E-state index contributed by atoms with van der Waals surface area (Å²) in [6, 6.07) is 7.05. The van der Waals surface area contributed by atoms with Crippen molar-refractivity contribution in [3.63, 3.8) is 0 Å². The number of amides is 3. The van der Waals surface area contributed by atoms with E-state index < -0.39 is 5.91 Å². The van der Waals surface area contributed by atoms with E-state index in [-0.39, 0.29) is 30.1 Å². The molecule has 0 radical (unpaired) electrons. The van der Waals surface area contributed by atoms with E-state index in [1.807, 2.05) is 0 Å². The van der Waals surface area contributed by atoms with E-state index in [4.69, 9.17) is 23.2 Å². The average Bonchev–Trinajstić information content (AvgIpc) is 2.76. The smallest absolute Gasteiger partial charge is 0.293 e. The van der Waals surface area contributed by atoms with E-state index in [0.29, 0.717) is 15.5 Å². The Morgan fingerprint density at radius 2 is 2.05 bits per heavy atom. The largest absolute Gasteiger partial charge is 0.353 e. The molecule has 1 aromatic rings. The summed E-state index contributed by atoms with van der Waals surface area (Å²) in [5.41, 5.74) is 0.671. The van der Waals surface area contributed by atoms with E-state index >= 15 is 0 Å². The van der Waals surface area contributed by atoms with Gasteiger partial charge in [0.05, 0.1) is 4.91 Å². The molecule has 2 rings (SSSR count). The van der Waals surface area contributed by atoms with E-state index in [2.05, 4.69) is 5.32 Å². The third kappa shape index (κ3) is 4.03. The highest BCUT2D eigenvalue weighted by atomic mass is 35.5. The van der Waals surface area contributed by atoms with E-state index in [9.17, 15) is 14.4 Å². The lowest BCUT2D eigenvalue weighted by molar-refractivity contribution is -0.123. The number of carbonyl (C=O) groups is 3. The van der Waals surface area contributed by atoms with Gasteiger partial charge in [-0.05, 0) is 29.5 Å². The Kier molecular flexibility index (Phi) is 5.88. The maximum Gasteiger partial charge on any atom is 0.293 e. The van der Waals surface area contributed by atoms with Gasteiger partial charge in [0, 0.05) is 18.1 Å². The molecule has 5 nitrogen and oxygen atoms in total. The van der Waals surface area contributed by atoms with Crippen molar-refractivity contribution < 1.29 is 14.4 Å². The normalized spacial score (nSPS) is 16.5. The second-order valence-corrected chi connectivity index (χ2v) is 6.01. The summed E-state index contributed by atoms with van der Waals surface area (Å²) in [7, 11) is 0. The van der Waals surface area contributed by atoms with Crippen molar-refractivity contribution in [2.45, 2.75) is 0 Å². The molecule has 1 aliphatic heterocycles. The molecule has 0 saturated carbocycles. The predicted octanol–water partition coefficient (Wildman–Crippen LogP) is 2.73. The number of nitrogens with zero attached hydrogens (tertiary/aromatic N) is 1. The fourth-order valence-electron chi connectivity index (χ4n) is 1.78. The molecular formula is C14H12Cl2N2O3S. The highest BCUT2D eigenvalue weighted by molar-refractivity contribution is 8.18. The maximum atomic E-state index is 12.2. The summed E-state index contributed by atoms with van der Waals surface area (Å²) >= 11 is 12.2. The first-order valence-corrected chi connectivity index (χ1v) is 8.08. The Morgan fingerprint density at radius 3 is 2.73 bits per heavy atom. The Bertz CT molecular complexity index is 649.